The number of hydrogen-bond donors (Lipinski definition) is 0. The fraction of sp³-hybridized carbons (Fsp3) is 0.400. The summed E-state index contributed by atoms with van der Waals surface area (Å²) in [5.74, 6) is -0.118. The first-order valence-corrected chi connectivity index (χ1v) is 5.94. The van der Waals surface area contributed by atoms with E-state index < -0.39 is 10.9 Å². The Labute approximate surface area is 108 Å². The quantitative estimate of drug-likeness (QED) is 0.255. The van der Waals surface area contributed by atoms with Crippen LogP contribution in [0.15, 0.2) is 17.2 Å². The van der Waals surface area contributed by atoms with Crippen LogP contribution in [0.5, 0.6) is 0 Å². The van der Waals surface area contributed by atoms with Gasteiger partial charge in [0.2, 0.25) is 0 Å². The predicted octanol–water partition coefficient (Wildman–Crippen LogP) is 1.51. The largest absolute Gasteiger partial charge is 0.464 e. The van der Waals surface area contributed by atoms with Crippen molar-refractivity contribution in [3.05, 3.63) is 27.9 Å². The fourth-order valence-corrected chi connectivity index (χ4v) is 2.01. The second-order valence-electron chi connectivity index (χ2n) is 3.11. The number of aromatic nitrogens is 1. The monoisotopic (exact) mass is 272 g/mol. The minimum atomic E-state index is -0.626. The molecule has 1 heterocycles. The van der Waals surface area contributed by atoms with Gasteiger partial charge in [-0.2, -0.15) is 0 Å². The van der Waals surface area contributed by atoms with E-state index in [9.17, 15) is 14.9 Å². The summed E-state index contributed by atoms with van der Waals surface area (Å²) in [4.78, 5) is 25.5. The number of nitro groups is 1. The van der Waals surface area contributed by atoms with Crippen LogP contribution in [0.25, 0.3) is 0 Å². The lowest BCUT2D eigenvalue weighted by Gasteiger charge is -2.04. The van der Waals surface area contributed by atoms with Crippen LogP contribution in [0, 0.1) is 10.1 Å². The minimum Gasteiger partial charge on any atom is -0.464 e. The Morgan fingerprint density at radius 3 is 2.78 bits per heavy atom. The van der Waals surface area contributed by atoms with Crippen LogP contribution < -0.4 is 0 Å². The number of rotatable bonds is 6. The first-order valence-electron chi connectivity index (χ1n) is 4.95. The molecule has 0 bridgehead atoms. The topological polar surface area (TPSA) is 91.6 Å². The van der Waals surface area contributed by atoms with Crippen LogP contribution in [-0.2, 0) is 9.47 Å². The van der Waals surface area contributed by atoms with Crippen LogP contribution in [0.1, 0.15) is 10.5 Å². The standard InChI is InChI=1S/C10H12N2O5S/c1-16-5-6-18-9-8(12(14)15)4-3-7(11-9)10(13)17-2/h3-4H,5-6H2,1-2H3. The highest BCUT2D eigenvalue weighted by atomic mass is 32.2. The molecule has 0 atom stereocenters. The molecule has 0 N–H and O–H groups in total. The summed E-state index contributed by atoms with van der Waals surface area (Å²) in [5.41, 5.74) is -0.0910. The Bertz CT molecular complexity index is 452. The Morgan fingerprint density at radius 1 is 1.50 bits per heavy atom. The summed E-state index contributed by atoms with van der Waals surface area (Å²) in [6.07, 6.45) is 0. The molecule has 0 fully saturated rings. The maximum Gasteiger partial charge on any atom is 0.356 e. The third-order valence-corrected chi connectivity index (χ3v) is 2.90. The van der Waals surface area contributed by atoms with Crippen molar-refractivity contribution in [2.24, 2.45) is 0 Å². The maximum atomic E-state index is 11.3. The van der Waals surface area contributed by atoms with E-state index in [2.05, 4.69) is 9.72 Å². The third kappa shape index (κ3) is 3.67. The first-order chi connectivity index (χ1) is 8.60. The van der Waals surface area contributed by atoms with Crippen LogP contribution in [0.4, 0.5) is 5.69 Å². The van der Waals surface area contributed by atoms with Crippen molar-refractivity contribution >= 4 is 23.4 Å². The Balaban J connectivity index is 2.99. The van der Waals surface area contributed by atoms with Gasteiger partial charge in [0.15, 0.2) is 5.03 Å². The van der Waals surface area contributed by atoms with Crippen molar-refractivity contribution in [1.29, 1.82) is 0 Å². The highest BCUT2D eigenvalue weighted by molar-refractivity contribution is 7.99. The van der Waals surface area contributed by atoms with E-state index >= 15 is 0 Å². The summed E-state index contributed by atoms with van der Waals surface area (Å²) < 4.78 is 9.36. The lowest BCUT2D eigenvalue weighted by Crippen LogP contribution is -2.06. The Kier molecular flexibility index (Phi) is 5.53. The SMILES string of the molecule is COCCSc1nc(C(=O)OC)ccc1[N+](=O)[O-]. The highest BCUT2D eigenvalue weighted by Crippen LogP contribution is 2.27. The second-order valence-corrected chi connectivity index (χ2v) is 4.19. The minimum absolute atomic E-state index is 0.0445. The van der Waals surface area contributed by atoms with Crippen molar-refractivity contribution in [2.75, 3.05) is 26.6 Å². The molecule has 0 radical (unpaired) electrons. The van der Waals surface area contributed by atoms with Gasteiger partial charge < -0.3 is 9.47 Å². The molecule has 0 aliphatic carbocycles. The number of thioether (sulfide) groups is 1. The Morgan fingerprint density at radius 2 is 2.22 bits per heavy atom. The second kappa shape index (κ2) is 6.92. The van der Waals surface area contributed by atoms with E-state index in [1.165, 1.54) is 26.4 Å². The molecule has 0 saturated carbocycles. The molecule has 0 aliphatic rings. The zero-order chi connectivity index (χ0) is 13.5. The molecular weight excluding hydrogens is 260 g/mol. The van der Waals surface area contributed by atoms with E-state index in [-0.39, 0.29) is 16.4 Å². The van der Waals surface area contributed by atoms with E-state index in [1.807, 2.05) is 0 Å². The molecule has 0 saturated heterocycles. The Hall–Kier alpha value is -1.67. The number of ether oxygens (including phenoxy) is 2. The smallest absolute Gasteiger partial charge is 0.356 e. The van der Waals surface area contributed by atoms with Gasteiger partial charge in [-0.3, -0.25) is 10.1 Å². The number of carbonyl (C=O) groups is 1. The van der Waals surface area contributed by atoms with Gasteiger partial charge in [-0.15, -0.1) is 0 Å². The van der Waals surface area contributed by atoms with Crippen molar-refractivity contribution in [1.82, 2.24) is 4.98 Å². The van der Waals surface area contributed by atoms with Gasteiger partial charge >= 0.3 is 11.7 Å². The van der Waals surface area contributed by atoms with E-state index in [4.69, 9.17) is 4.74 Å². The molecule has 0 aliphatic heterocycles. The number of hydrogen-bond acceptors (Lipinski definition) is 7. The number of nitrogens with zero attached hydrogens (tertiary/aromatic N) is 2. The molecule has 7 nitrogen and oxygen atoms in total. The van der Waals surface area contributed by atoms with Crippen LogP contribution >= 0.6 is 11.8 Å². The van der Waals surface area contributed by atoms with Crippen molar-refractivity contribution < 1.29 is 19.2 Å². The molecule has 1 rings (SSSR count). The molecule has 0 spiro atoms. The van der Waals surface area contributed by atoms with Crippen molar-refractivity contribution in [3.63, 3.8) is 0 Å². The molecule has 1 aromatic heterocycles. The predicted molar refractivity (Wildman–Crippen MR) is 64.8 cm³/mol. The summed E-state index contributed by atoms with van der Waals surface area (Å²) in [6.45, 7) is 0.436. The molecule has 0 amide bonds. The van der Waals surface area contributed by atoms with Crippen molar-refractivity contribution in [3.8, 4) is 0 Å². The zero-order valence-electron chi connectivity index (χ0n) is 9.91. The van der Waals surface area contributed by atoms with Gasteiger partial charge in [-0.25, -0.2) is 9.78 Å². The van der Waals surface area contributed by atoms with Crippen molar-refractivity contribution in [2.45, 2.75) is 5.03 Å². The molecule has 8 heteroatoms. The summed E-state index contributed by atoms with van der Waals surface area (Å²) in [6, 6.07) is 2.51. The van der Waals surface area contributed by atoms with E-state index in [1.54, 1.807) is 0 Å². The highest BCUT2D eigenvalue weighted by Gasteiger charge is 2.19. The average Bonchev–Trinajstić information content (AvgIpc) is 2.37. The molecule has 98 valence electrons. The summed E-state index contributed by atoms with van der Waals surface area (Å²) in [5, 5.41) is 11.0. The lowest BCUT2D eigenvalue weighted by molar-refractivity contribution is -0.388. The first kappa shape index (κ1) is 14.4. The van der Waals surface area contributed by atoms with Gasteiger partial charge in [0, 0.05) is 18.9 Å². The fourth-order valence-electron chi connectivity index (χ4n) is 1.12. The van der Waals surface area contributed by atoms with Gasteiger partial charge in [0.05, 0.1) is 18.6 Å². The number of pyridine rings is 1. The lowest BCUT2D eigenvalue weighted by atomic mass is 10.3. The average molecular weight is 272 g/mol. The van der Waals surface area contributed by atoms with Crippen LogP contribution in [-0.4, -0.2) is 42.5 Å². The number of carbonyl (C=O) groups excluding carboxylic acids is 1. The molecule has 0 unspecified atom stereocenters. The van der Waals surface area contributed by atoms with Crippen LogP contribution in [0.2, 0.25) is 0 Å². The molecular formula is C10H12N2O5S. The van der Waals surface area contributed by atoms with E-state index in [0.717, 1.165) is 11.8 Å². The normalized spacial score (nSPS) is 10.1. The number of methoxy groups -OCH3 is 2. The van der Waals surface area contributed by atoms with Crippen LogP contribution in [0.3, 0.4) is 0 Å². The van der Waals surface area contributed by atoms with Gasteiger partial charge in [-0.05, 0) is 6.07 Å². The van der Waals surface area contributed by atoms with Gasteiger partial charge in [0.25, 0.3) is 0 Å². The summed E-state index contributed by atoms with van der Waals surface area (Å²) >= 11 is 1.16. The maximum absolute atomic E-state index is 11.3. The molecule has 0 aromatic carbocycles. The summed E-state index contributed by atoms with van der Waals surface area (Å²) in [7, 11) is 2.76. The zero-order valence-corrected chi connectivity index (χ0v) is 10.7. The van der Waals surface area contributed by atoms with Gasteiger partial charge in [-0.1, -0.05) is 11.8 Å². The van der Waals surface area contributed by atoms with E-state index in [0.29, 0.717) is 12.4 Å². The molecule has 18 heavy (non-hydrogen) atoms. The van der Waals surface area contributed by atoms with Gasteiger partial charge in [0.1, 0.15) is 5.69 Å². The third-order valence-electron chi connectivity index (χ3n) is 1.96. The number of esters is 1. The molecule has 1 aromatic rings.